The van der Waals surface area contributed by atoms with Gasteiger partial charge in [0.2, 0.25) is 5.16 Å². The third kappa shape index (κ3) is 12.0. The molecule has 1 heterocycles. The zero-order valence-corrected chi connectivity index (χ0v) is 28.9. The van der Waals surface area contributed by atoms with E-state index in [9.17, 15) is 25.9 Å². The van der Waals surface area contributed by atoms with Crippen LogP contribution in [0.5, 0.6) is 0 Å². The van der Waals surface area contributed by atoms with E-state index in [0.717, 1.165) is 25.7 Å². The van der Waals surface area contributed by atoms with E-state index in [4.69, 9.17) is 0 Å². The molecule has 0 saturated carbocycles. The second-order valence-corrected chi connectivity index (χ2v) is 13.7. The van der Waals surface area contributed by atoms with Gasteiger partial charge >= 0.3 is 29.6 Å². The molecule has 2 N–H and O–H groups in total. The topological polar surface area (TPSA) is 140 Å². The fraction of sp³-hybridized carbons (Fsp3) is 0.581. The number of aromatic nitrogens is 2. The van der Waals surface area contributed by atoms with E-state index in [1.807, 2.05) is 6.07 Å². The predicted molar refractivity (Wildman–Crippen MR) is 162 cm³/mol. The smallest absolute Gasteiger partial charge is 0.742 e. The van der Waals surface area contributed by atoms with Crippen molar-refractivity contribution in [3.05, 3.63) is 53.1 Å². The number of para-hydroxylation sites is 1. The maximum atomic E-state index is 12.2. The normalized spacial score (nSPS) is 12.1. The Labute approximate surface area is 274 Å². The van der Waals surface area contributed by atoms with Gasteiger partial charge in [0.1, 0.15) is 0 Å². The number of aromatic amines is 1. The summed E-state index contributed by atoms with van der Waals surface area (Å²) in [5.74, 6) is 0. The Morgan fingerprint density at radius 2 is 1.24 bits per heavy atom. The molecule has 0 aliphatic heterocycles. The predicted octanol–water partition coefficient (Wildman–Crippen LogP) is 4.72. The van der Waals surface area contributed by atoms with Crippen molar-refractivity contribution in [3.63, 3.8) is 0 Å². The second kappa shape index (κ2) is 18.5. The van der Waals surface area contributed by atoms with Crippen LogP contribution < -0.4 is 29.6 Å². The van der Waals surface area contributed by atoms with Gasteiger partial charge in [0, 0.05) is 0 Å². The maximum absolute atomic E-state index is 12.2. The molecule has 0 amide bonds. The summed E-state index contributed by atoms with van der Waals surface area (Å²) < 4.78 is 68.6. The van der Waals surface area contributed by atoms with Gasteiger partial charge in [0.15, 0.2) is 10.1 Å². The van der Waals surface area contributed by atoms with Gasteiger partial charge in [-0.3, -0.25) is 4.55 Å². The van der Waals surface area contributed by atoms with Gasteiger partial charge in [-0.1, -0.05) is 121 Å². The Bertz CT molecular complexity index is 1460. The first-order valence-corrected chi connectivity index (χ1v) is 18.0. The number of fused-ring (bicyclic) bond motifs is 1. The number of H-pyrrole nitrogens is 1. The van der Waals surface area contributed by atoms with Crippen molar-refractivity contribution in [1.82, 2.24) is 9.97 Å². The number of nitrogens with zero attached hydrogens (tertiary/aromatic N) is 1. The zero-order valence-electron chi connectivity index (χ0n) is 25.2. The molecule has 0 atom stereocenters. The Morgan fingerprint density at radius 3 is 1.76 bits per heavy atom. The van der Waals surface area contributed by atoms with Gasteiger partial charge in [0.05, 0.1) is 15.9 Å². The molecule has 0 saturated heterocycles. The Morgan fingerprint density at radius 1 is 0.738 bits per heavy atom. The van der Waals surface area contributed by atoms with Crippen LogP contribution in [0.1, 0.15) is 120 Å². The average Bonchev–Trinajstić information content (AvgIpc) is 3.37. The molecule has 11 heteroatoms. The van der Waals surface area contributed by atoms with Crippen LogP contribution in [0.4, 0.5) is 0 Å². The van der Waals surface area contributed by atoms with Gasteiger partial charge in [0.25, 0.3) is 10.1 Å². The average molecular weight is 629 g/mol. The quantitative estimate of drug-likeness (QED) is 0.105. The van der Waals surface area contributed by atoms with Crippen LogP contribution in [0.25, 0.3) is 11.0 Å². The van der Waals surface area contributed by atoms with Crippen LogP contribution in [0, 0.1) is 0 Å². The molecule has 228 valence electrons. The van der Waals surface area contributed by atoms with Gasteiger partial charge in [-0.25, -0.2) is 13.4 Å². The van der Waals surface area contributed by atoms with E-state index in [-0.39, 0.29) is 40.9 Å². The van der Waals surface area contributed by atoms with E-state index in [1.54, 1.807) is 24.3 Å². The Balaban J connectivity index is 0.00000616. The van der Waals surface area contributed by atoms with Gasteiger partial charge in [-0.15, -0.1) is 0 Å². The SMILES string of the molecule is CCCCCCCCCCCCCCCCCc1c(Cc2cccc3[nH]c(S(=O)(=O)[O-])nc23)cccc1S(=O)(=O)O.[Na+]. The number of benzene rings is 2. The van der Waals surface area contributed by atoms with E-state index in [2.05, 4.69) is 16.9 Å². The van der Waals surface area contributed by atoms with Crippen LogP contribution in [0.15, 0.2) is 46.5 Å². The van der Waals surface area contributed by atoms with Gasteiger partial charge in [-0.05, 0) is 48.1 Å². The fourth-order valence-corrected chi connectivity index (χ4v) is 6.74. The van der Waals surface area contributed by atoms with Crippen molar-refractivity contribution in [2.24, 2.45) is 0 Å². The van der Waals surface area contributed by atoms with Crippen molar-refractivity contribution >= 4 is 31.3 Å². The number of unbranched alkanes of at least 4 members (excludes halogenated alkanes) is 14. The van der Waals surface area contributed by atoms with Crippen LogP contribution in [-0.2, 0) is 33.1 Å². The van der Waals surface area contributed by atoms with Gasteiger partial charge in [-0.2, -0.15) is 8.42 Å². The molecular formula is C31H45N2NaO6S2. The summed E-state index contributed by atoms with van der Waals surface area (Å²) in [6.07, 6.45) is 19.4. The van der Waals surface area contributed by atoms with E-state index in [0.29, 0.717) is 34.1 Å². The molecule has 42 heavy (non-hydrogen) atoms. The molecule has 3 rings (SSSR count). The molecule has 3 aromatic rings. The molecule has 0 aliphatic rings. The van der Waals surface area contributed by atoms with Crippen LogP contribution in [-0.4, -0.2) is 35.9 Å². The number of hydrogen-bond acceptors (Lipinski definition) is 6. The molecular weight excluding hydrogens is 583 g/mol. The molecule has 0 radical (unpaired) electrons. The van der Waals surface area contributed by atoms with Crippen LogP contribution in [0.3, 0.4) is 0 Å². The Hall–Kier alpha value is -1.27. The van der Waals surface area contributed by atoms with Crippen LogP contribution in [0.2, 0.25) is 0 Å². The van der Waals surface area contributed by atoms with Crippen molar-refractivity contribution in [1.29, 1.82) is 0 Å². The fourth-order valence-electron chi connectivity index (χ4n) is 5.51. The summed E-state index contributed by atoms with van der Waals surface area (Å²) in [6.45, 7) is 2.25. The number of rotatable bonds is 20. The van der Waals surface area contributed by atoms with Gasteiger partial charge < -0.3 is 9.54 Å². The summed E-state index contributed by atoms with van der Waals surface area (Å²) in [6, 6.07) is 9.93. The molecule has 0 aliphatic carbocycles. The largest absolute Gasteiger partial charge is 1.00 e. The molecule has 0 fully saturated rings. The van der Waals surface area contributed by atoms with E-state index in [1.165, 1.54) is 76.7 Å². The number of hydrogen-bond donors (Lipinski definition) is 2. The Kier molecular flexibility index (Phi) is 16.3. The summed E-state index contributed by atoms with van der Waals surface area (Å²) in [4.78, 5) is 6.45. The third-order valence-corrected chi connectivity index (χ3v) is 9.34. The minimum atomic E-state index is -4.75. The zero-order chi connectivity index (χ0) is 29.7. The first kappa shape index (κ1) is 36.9. The summed E-state index contributed by atoms with van der Waals surface area (Å²) in [5, 5.41) is -0.648. The molecule has 1 aromatic heterocycles. The van der Waals surface area contributed by atoms with Crippen LogP contribution >= 0.6 is 0 Å². The first-order valence-electron chi connectivity index (χ1n) is 15.1. The van der Waals surface area contributed by atoms with E-state index < -0.39 is 25.4 Å². The van der Waals surface area contributed by atoms with Crippen molar-refractivity contribution in [2.45, 2.75) is 126 Å². The van der Waals surface area contributed by atoms with Crippen molar-refractivity contribution < 1.29 is 55.5 Å². The monoisotopic (exact) mass is 628 g/mol. The standard InChI is InChI=1S/C31H46N2O6S2.Na/c1-2-3-4-5-6-7-8-9-10-11-12-13-14-15-16-21-27-25(19-18-23-29(27)40(34,35)36)24-26-20-17-22-28-30(26)33-31(32-28)41(37,38)39;/h17-20,22-23H,2-16,21,24H2,1H3,(H,32,33)(H,34,35,36)(H,37,38,39);/q;+1/p-1. The first-order chi connectivity index (χ1) is 19.6. The number of imidazole rings is 1. The summed E-state index contributed by atoms with van der Waals surface area (Å²) in [7, 11) is -9.17. The molecule has 0 bridgehead atoms. The van der Waals surface area contributed by atoms with E-state index >= 15 is 0 Å². The van der Waals surface area contributed by atoms with Crippen molar-refractivity contribution in [3.8, 4) is 0 Å². The minimum absolute atomic E-state index is 0. The molecule has 0 spiro atoms. The minimum Gasteiger partial charge on any atom is -0.742 e. The second-order valence-electron chi connectivity index (χ2n) is 11.1. The third-order valence-electron chi connectivity index (χ3n) is 7.73. The molecule has 0 unspecified atom stereocenters. The van der Waals surface area contributed by atoms with Crippen molar-refractivity contribution in [2.75, 3.05) is 0 Å². The summed E-state index contributed by atoms with van der Waals surface area (Å²) >= 11 is 0. The maximum Gasteiger partial charge on any atom is 1.00 e. The molecule has 8 nitrogen and oxygen atoms in total. The number of nitrogens with one attached hydrogen (secondary N) is 1. The molecule has 2 aromatic carbocycles. The summed E-state index contributed by atoms with van der Waals surface area (Å²) in [5.41, 5.74) is 2.68.